The fourth-order valence-corrected chi connectivity index (χ4v) is 1.46. The summed E-state index contributed by atoms with van der Waals surface area (Å²) >= 11 is 0. The van der Waals surface area contributed by atoms with Gasteiger partial charge in [0.2, 0.25) is 0 Å². The largest absolute Gasteiger partial charge is 0.446 e. The first-order valence-electron chi connectivity index (χ1n) is 5.68. The summed E-state index contributed by atoms with van der Waals surface area (Å²) in [4.78, 5) is 22.3. The van der Waals surface area contributed by atoms with Crippen LogP contribution in [-0.4, -0.2) is 37.0 Å². The average Bonchev–Trinajstić information content (AvgIpc) is 2.11. The molecule has 2 N–H and O–H groups in total. The molecule has 0 spiro atoms. The molecule has 0 heterocycles. The molecule has 1 aliphatic rings. The second-order valence-electron chi connectivity index (χ2n) is 5.09. The minimum atomic E-state index is -0.494. The van der Waals surface area contributed by atoms with Crippen LogP contribution >= 0.6 is 0 Å². The van der Waals surface area contributed by atoms with E-state index in [0.717, 1.165) is 0 Å². The van der Waals surface area contributed by atoms with Gasteiger partial charge in [0.05, 0.1) is 0 Å². The fourth-order valence-electron chi connectivity index (χ4n) is 1.46. The third-order valence-electron chi connectivity index (χ3n) is 2.29. The summed E-state index contributed by atoms with van der Waals surface area (Å²) in [5.41, 5.74) is -0.494. The Bertz CT molecular complexity index is 292. The molecular formula is C11H20N2O4. The van der Waals surface area contributed by atoms with Crippen molar-refractivity contribution < 1.29 is 19.1 Å². The Morgan fingerprint density at radius 2 is 1.76 bits per heavy atom. The van der Waals surface area contributed by atoms with E-state index >= 15 is 0 Å². The smallest absolute Gasteiger partial charge is 0.407 e. The second-order valence-corrected chi connectivity index (χ2v) is 5.09. The zero-order valence-electron chi connectivity index (χ0n) is 10.7. The van der Waals surface area contributed by atoms with Crippen molar-refractivity contribution in [3.05, 3.63) is 0 Å². The maximum absolute atomic E-state index is 11.4. The first-order valence-corrected chi connectivity index (χ1v) is 5.68. The van der Waals surface area contributed by atoms with Gasteiger partial charge in [-0.3, -0.25) is 0 Å². The lowest BCUT2D eigenvalue weighted by Gasteiger charge is -2.35. The topological polar surface area (TPSA) is 76.7 Å². The van der Waals surface area contributed by atoms with E-state index in [-0.39, 0.29) is 12.1 Å². The van der Waals surface area contributed by atoms with Crippen LogP contribution in [0.25, 0.3) is 0 Å². The number of ether oxygens (including phenoxy) is 2. The third-order valence-corrected chi connectivity index (χ3v) is 2.29. The van der Waals surface area contributed by atoms with Gasteiger partial charge in [-0.15, -0.1) is 0 Å². The first kappa shape index (κ1) is 13.6. The molecule has 1 aliphatic carbocycles. The van der Waals surface area contributed by atoms with Gasteiger partial charge < -0.3 is 20.1 Å². The molecule has 0 aromatic carbocycles. The quantitative estimate of drug-likeness (QED) is 0.769. The number of carbonyl (C=O) groups excluding carboxylic acids is 2. The van der Waals surface area contributed by atoms with Crippen LogP contribution in [0.3, 0.4) is 0 Å². The van der Waals surface area contributed by atoms with Crippen LogP contribution in [0.15, 0.2) is 0 Å². The summed E-state index contributed by atoms with van der Waals surface area (Å²) < 4.78 is 10.1. The molecule has 0 bridgehead atoms. The molecule has 0 saturated heterocycles. The van der Waals surface area contributed by atoms with Crippen LogP contribution in [0.2, 0.25) is 0 Å². The SMILES string of the molecule is CNC(=O)O[C@H]1C[C@@H](NC(=O)OC(C)(C)C)C1. The number of alkyl carbamates (subject to hydrolysis) is 2. The molecule has 6 nitrogen and oxygen atoms in total. The first-order chi connectivity index (χ1) is 7.80. The predicted octanol–water partition coefficient (Wildman–Crippen LogP) is 1.40. The van der Waals surface area contributed by atoms with E-state index in [1.807, 2.05) is 20.8 Å². The van der Waals surface area contributed by atoms with E-state index in [2.05, 4.69) is 10.6 Å². The molecule has 0 radical (unpaired) electrons. The summed E-state index contributed by atoms with van der Waals surface area (Å²) in [5.74, 6) is 0. The van der Waals surface area contributed by atoms with E-state index in [1.165, 1.54) is 7.05 Å². The maximum Gasteiger partial charge on any atom is 0.407 e. The van der Waals surface area contributed by atoms with Crippen molar-refractivity contribution in [2.45, 2.75) is 51.4 Å². The Labute approximate surface area is 101 Å². The summed E-state index contributed by atoms with van der Waals surface area (Å²) in [6, 6.07) is 0.0273. The highest BCUT2D eigenvalue weighted by Gasteiger charge is 2.34. The standard InChI is InChI=1S/C11H20N2O4/c1-11(2,3)17-10(15)13-7-5-8(6-7)16-9(14)12-4/h7-8H,5-6H2,1-4H3,(H,12,14)(H,13,15)/t7-,8+. The van der Waals surface area contributed by atoms with Crippen LogP contribution in [-0.2, 0) is 9.47 Å². The molecule has 0 aromatic rings. The molecule has 0 aromatic heterocycles. The molecule has 0 atom stereocenters. The summed E-state index contributed by atoms with van der Waals surface area (Å²) in [7, 11) is 1.51. The summed E-state index contributed by atoms with van der Waals surface area (Å²) in [6.07, 6.45) is 0.278. The molecule has 17 heavy (non-hydrogen) atoms. The highest BCUT2D eigenvalue weighted by atomic mass is 16.6. The summed E-state index contributed by atoms with van der Waals surface area (Å²) in [6.45, 7) is 5.43. The molecule has 1 rings (SSSR count). The highest BCUT2D eigenvalue weighted by Crippen LogP contribution is 2.23. The van der Waals surface area contributed by atoms with E-state index in [1.54, 1.807) is 0 Å². The van der Waals surface area contributed by atoms with Crippen LogP contribution in [0.4, 0.5) is 9.59 Å². The van der Waals surface area contributed by atoms with Gasteiger partial charge in [-0.1, -0.05) is 0 Å². The monoisotopic (exact) mass is 244 g/mol. The fraction of sp³-hybridized carbons (Fsp3) is 0.818. The molecular weight excluding hydrogens is 224 g/mol. The van der Waals surface area contributed by atoms with E-state index in [9.17, 15) is 9.59 Å². The Morgan fingerprint density at radius 1 is 1.18 bits per heavy atom. The molecule has 6 heteroatoms. The molecule has 0 aliphatic heterocycles. The van der Waals surface area contributed by atoms with E-state index < -0.39 is 17.8 Å². The number of rotatable bonds is 2. The molecule has 2 amide bonds. The molecule has 1 saturated carbocycles. The van der Waals surface area contributed by atoms with Crippen molar-refractivity contribution in [1.29, 1.82) is 0 Å². The summed E-state index contributed by atoms with van der Waals surface area (Å²) in [5, 5.41) is 5.10. The molecule has 98 valence electrons. The van der Waals surface area contributed by atoms with Gasteiger partial charge in [0.1, 0.15) is 11.7 Å². The van der Waals surface area contributed by atoms with Crippen molar-refractivity contribution in [2.24, 2.45) is 0 Å². The van der Waals surface area contributed by atoms with Gasteiger partial charge in [-0.05, 0) is 20.8 Å². The van der Waals surface area contributed by atoms with Crippen molar-refractivity contribution in [3.8, 4) is 0 Å². The number of carbonyl (C=O) groups is 2. The number of hydrogen-bond acceptors (Lipinski definition) is 4. The number of nitrogens with one attached hydrogen (secondary N) is 2. The van der Waals surface area contributed by atoms with Gasteiger partial charge in [0.25, 0.3) is 0 Å². The molecule has 1 fully saturated rings. The lowest BCUT2D eigenvalue weighted by Crippen LogP contribution is -2.50. The van der Waals surface area contributed by atoms with Crippen LogP contribution in [0.5, 0.6) is 0 Å². The minimum Gasteiger partial charge on any atom is -0.446 e. The van der Waals surface area contributed by atoms with Gasteiger partial charge >= 0.3 is 12.2 Å². The van der Waals surface area contributed by atoms with Gasteiger partial charge in [-0.2, -0.15) is 0 Å². The van der Waals surface area contributed by atoms with Crippen molar-refractivity contribution in [2.75, 3.05) is 7.05 Å². The highest BCUT2D eigenvalue weighted by molar-refractivity contribution is 5.68. The Balaban J connectivity index is 2.17. The zero-order chi connectivity index (χ0) is 13.1. The average molecular weight is 244 g/mol. The van der Waals surface area contributed by atoms with Gasteiger partial charge in [-0.25, -0.2) is 9.59 Å². The van der Waals surface area contributed by atoms with Crippen molar-refractivity contribution in [3.63, 3.8) is 0 Å². The van der Waals surface area contributed by atoms with Crippen molar-refractivity contribution in [1.82, 2.24) is 10.6 Å². The van der Waals surface area contributed by atoms with Gasteiger partial charge in [0.15, 0.2) is 0 Å². The Morgan fingerprint density at radius 3 is 2.24 bits per heavy atom. The van der Waals surface area contributed by atoms with Crippen LogP contribution < -0.4 is 10.6 Å². The van der Waals surface area contributed by atoms with Gasteiger partial charge in [0, 0.05) is 25.9 Å². The Kier molecular flexibility index (Phi) is 4.20. The Hall–Kier alpha value is -1.46. The number of hydrogen-bond donors (Lipinski definition) is 2. The predicted molar refractivity (Wildman–Crippen MR) is 61.7 cm³/mol. The van der Waals surface area contributed by atoms with Crippen LogP contribution in [0.1, 0.15) is 33.6 Å². The van der Waals surface area contributed by atoms with Crippen molar-refractivity contribution >= 4 is 12.2 Å². The lowest BCUT2D eigenvalue weighted by molar-refractivity contribution is 0.0194. The maximum atomic E-state index is 11.4. The second kappa shape index (κ2) is 5.25. The number of amides is 2. The van der Waals surface area contributed by atoms with Crippen LogP contribution in [0, 0.1) is 0 Å². The minimum absolute atomic E-state index is 0.0273. The zero-order valence-corrected chi connectivity index (χ0v) is 10.7. The van der Waals surface area contributed by atoms with E-state index in [0.29, 0.717) is 12.8 Å². The van der Waals surface area contributed by atoms with E-state index in [4.69, 9.17) is 9.47 Å². The third kappa shape index (κ3) is 4.93. The lowest BCUT2D eigenvalue weighted by atomic mass is 9.89. The molecule has 0 unspecified atom stereocenters. The normalized spacial score (nSPS) is 23.3.